The largest absolute Gasteiger partial charge is 0.464 e. The highest BCUT2D eigenvalue weighted by atomic mass is 32.1. The van der Waals surface area contributed by atoms with Crippen LogP contribution in [0.25, 0.3) is 0 Å². The van der Waals surface area contributed by atoms with E-state index >= 15 is 0 Å². The molecule has 1 aromatic heterocycles. The number of carbonyl (C=O) groups excluding carboxylic acids is 2. The van der Waals surface area contributed by atoms with Crippen LogP contribution in [0.5, 0.6) is 0 Å². The van der Waals surface area contributed by atoms with Gasteiger partial charge < -0.3 is 20.1 Å². The zero-order valence-electron chi connectivity index (χ0n) is 19.2. The minimum absolute atomic E-state index is 0.0464. The van der Waals surface area contributed by atoms with Gasteiger partial charge in [0.1, 0.15) is 13.1 Å². The van der Waals surface area contributed by atoms with Crippen molar-refractivity contribution < 1.29 is 19.1 Å². The van der Waals surface area contributed by atoms with E-state index in [1.54, 1.807) is 0 Å². The quantitative estimate of drug-likeness (QED) is 0.205. The van der Waals surface area contributed by atoms with E-state index in [0.29, 0.717) is 23.5 Å². The first kappa shape index (κ1) is 27.1. The van der Waals surface area contributed by atoms with Crippen LogP contribution in [0.15, 0.2) is 0 Å². The van der Waals surface area contributed by atoms with Crippen molar-refractivity contribution in [2.24, 2.45) is 0 Å². The molecule has 0 radical (unpaired) electrons. The standard InChI is InChI=1S/C22H40N4O4S/c1-3-5-7-9-11-13-15-29-19(27)17-23-21-25-26-22(31-21)24-18-20(28)30-16-14-12-10-8-6-4-2/h3-18H2,1-2H3,(H,23,25)(H,24,26). The van der Waals surface area contributed by atoms with E-state index in [2.05, 4.69) is 34.7 Å². The van der Waals surface area contributed by atoms with Crippen molar-refractivity contribution in [3.05, 3.63) is 0 Å². The van der Waals surface area contributed by atoms with Crippen molar-refractivity contribution in [2.45, 2.75) is 90.9 Å². The summed E-state index contributed by atoms with van der Waals surface area (Å²) in [4.78, 5) is 23.5. The monoisotopic (exact) mass is 456 g/mol. The number of hydrogen-bond donors (Lipinski definition) is 2. The second-order valence-corrected chi connectivity index (χ2v) is 8.57. The summed E-state index contributed by atoms with van der Waals surface area (Å²) in [5, 5.41) is 14.7. The Morgan fingerprint density at radius 1 is 0.677 bits per heavy atom. The van der Waals surface area contributed by atoms with Gasteiger partial charge in [-0.15, -0.1) is 10.2 Å². The molecule has 0 aliphatic rings. The molecular weight excluding hydrogens is 416 g/mol. The van der Waals surface area contributed by atoms with Gasteiger partial charge >= 0.3 is 11.9 Å². The summed E-state index contributed by atoms with van der Waals surface area (Å²) in [7, 11) is 0. The van der Waals surface area contributed by atoms with E-state index in [1.165, 1.54) is 62.7 Å². The number of nitrogens with zero attached hydrogens (tertiary/aromatic N) is 2. The highest BCUT2D eigenvalue weighted by Crippen LogP contribution is 2.19. The van der Waals surface area contributed by atoms with E-state index in [9.17, 15) is 9.59 Å². The number of nitrogens with one attached hydrogen (secondary N) is 2. The minimum Gasteiger partial charge on any atom is -0.464 e. The third-order valence-electron chi connectivity index (χ3n) is 4.71. The number of unbranched alkanes of at least 4 members (excludes halogenated alkanes) is 10. The van der Waals surface area contributed by atoms with E-state index in [4.69, 9.17) is 9.47 Å². The Labute approximate surface area is 190 Å². The van der Waals surface area contributed by atoms with E-state index < -0.39 is 0 Å². The highest BCUT2D eigenvalue weighted by Gasteiger charge is 2.09. The molecule has 0 aliphatic carbocycles. The van der Waals surface area contributed by atoms with Crippen LogP contribution >= 0.6 is 11.3 Å². The van der Waals surface area contributed by atoms with Crippen LogP contribution in [-0.2, 0) is 19.1 Å². The lowest BCUT2D eigenvalue weighted by molar-refractivity contribution is -0.142. The van der Waals surface area contributed by atoms with Crippen LogP contribution < -0.4 is 10.6 Å². The van der Waals surface area contributed by atoms with Crippen molar-refractivity contribution in [1.82, 2.24) is 10.2 Å². The van der Waals surface area contributed by atoms with Crippen LogP contribution in [0.3, 0.4) is 0 Å². The maximum absolute atomic E-state index is 11.8. The molecule has 31 heavy (non-hydrogen) atoms. The second-order valence-electron chi connectivity index (χ2n) is 7.60. The van der Waals surface area contributed by atoms with Crippen LogP contribution in [0, 0.1) is 0 Å². The van der Waals surface area contributed by atoms with Crippen molar-refractivity contribution in [2.75, 3.05) is 36.9 Å². The third-order valence-corrected chi connectivity index (χ3v) is 5.55. The van der Waals surface area contributed by atoms with Gasteiger partial charge in [0.15, 0.2) is 0 Å². The van der Waals surface area contributed by atoms with E-state index in [-0.39, 0.29) is 25.0 Å². The van der Waals surface area contributed by atoms with Gasteiger partial charge in [-0.25, -0.2) is 0 Å². The predicted molar refractivity (Wildman–Crippen MR) is 126 cm³/mol. The molecule has 0 atom stereocenters. The first-order valence-corrected chi connectivity index (χ1v) is 12.6. The topological polar surface area (TPSA) is 102 Å². The average Bonchev–Trinajstić information content (AvgIpc) is 3.23. The second kappa shape index (κ2) is 18.8. The Hall–Kier alpha value is -1.90. The molecule has 9 heteroatoms. The fraction of sp³-hybridized carbons (Fsp3) is 0.818. The SMILES string of the molecule is CCCCCCCCOC(=O)CNc1nnc(NCC(=O)OCCCCCCCC)s1. The smallest absolute Gasteiger partial charge is 0.325 e. The Kier molecular flexibility index (Phi) is 16.5. The van der Waals surface area contributed by atoms with Crippen molar-refractivity contribution in [1.29, 1.82) is 0 Å². The molecule has 8 nitrogen and oxygen atoms in total. The van der Waals surface area contributed by atoms with Gasteiger partial charge in [0.2, 0.25) is 10.3 Å². The van der Waals surface area contributed by atoms with Crippen LogP contribution in [-0.4, -0.2) is 48.4 Å². The Morgan fingerprint density at radius 3 is 1.48 bits per heavy atom. The van der Waals surface area contributed by atoms with Gasteiger partial charge in [-0.1, -0.05) is 89.4 Å². The molecule has 1 heterocycles. The van der Waals surface area contributed by atoms with Crippen molar-refractivity contribution >= 4 is 33.5 Å². The maximum Gasteiger partial charge on any atom is 0.325 e. The van der Waals surface area contributed by atoms with Crippen LogP contribution in [0.4, 0.5) is 10.3 Å². The fourth-order valence-corrected chi connectivity index (χ4v) is 3.54. The summed E-state index contributed by atoms with van der Waals surface area (Å²) in [5.41, 5.74) is 0. The van der Waals surface area contributed by atoms with Gasteiger partial charge in [0, 0.05) is 0 Å². The molecule has 0 aliphatic heterocycles. The Bertz CT molecular complexity index is 549. The highest BCUT2D eigenvalue weighted by molar-refractivity contribution is 7.19. The molecule has 0 bridgehead atoms. The Balaban J connectivity index is 2.05. The minimum atomic E-state index is -0.309. The average molecular weight is 457 g/mol. The summed E-state index contributed by atoms with van der Waals surface area (Å²) in [6.45, 7) is 5.39. The van der Waals surface area contributed by atoms with Gasteiger partial charge in [-0.2, -0.15) is 0 Å². The third kappa shape index (κ3) is 15.5. The summed E-state index contributed by atoms with van der Waals surface area (Å²) >= 11 is 1.24. The fourth-order valence-electron chi connectivity index (χ4n) is 2.90. The molecule has 0 saturated heterocycles. The Morgan fingerprint density at radius 2 is 1.06 bits per heavy atom. The number of carbonyl (C=O) groups is 2. The molecule has 0 unspecified atom stereocenters. The first-order chi connectivity index (χ1) is 15.2. The maximum atomic E-state index is 11.8. The lowest BCUT2D eigenvalue weighted by Crippen LogP contribution is -2.17. The summed E-state index contributed by atoms with van der Waals surface area (Å²) < 4.78 is 10.4. The van der Waals surface area contributed by atoms with Crippen LogP contribution in [0.2, 0.25) is 0 Å². The van der Waals surface area contributed by atoms with Gasteiger partial charge in [-0.3, -0.25) is 9.59 Å². The number of ether oxygens (including phenoxy) is 2. The summed E-state index contributed by atoms with van der Waals surface area (Å²) in [6, 6.07) is 0. The normalized spacial score (nSPS) is 10.6. The van der Waals surface area contributed by atoms with Crippen LogP contribution in [0.1, 0.15) is 90.9 Å². The molecule has 2 N–H and O–H groups in total. The predicted octanol–water partition coefficient (Wildman–Crippen LogP) is 5.17. The molecule has 0 amide bonds. The number of aromatic nitrogens is 2. The lowest BCUT2D eigenvalue weighted by Gasteiger charge is -2.05. The molecule has 178 valence electrons. The molecule has 0 spiro atoms. The molecule has 0 fully saturated rings. The van der Waals surface area contributed by atoms with Crippen molar-refractivity contribution in [3.63, 3.8) is 0 Å². The number of esters is 2. The molecule has 1 aromatic rings. The summed E-state index contributed by atoms with van der Waals surface area (Å²) in [6.07, 6.45) is 13.8. The van der Waals surface area contributed by atoms with E-state index in [1.807, 2.05) is 0 Å². The first-order valence-electron chi connectivity index (χ1n) is 11.8. The number of anilines is 2. The number of rotatable bonds is 20. The summed E-state index contributed by atoms with van der Waals surface area (Å²) in [5.74, 6) is -0.618. The van der Waals surface area contributed by atoms with Crippen molar-refractivity contribution in [3.8, 4) is 0 Å². The zero-order chi connectivity index (χ0) is 22.6. The van der Waals surface area contributed by atoms with Gasteiger partial charge in [-0.05, 0) is 12.8 Å². The number of hydrogen-bond acceptors (Lipinski definition) is 9. The van der Waals surface area contributed by atoms with Gasteiger partial charge in [0.05, 0.1) is 13.2 Å². The molecule has 1 rings (SSSR count). The molecule has 0 saturated carbocycles. The van der Waals surface area contributed by atoms with E-state index in [0.717, 1.165) is 25.7 Å². The molecular formula is C22H40N4O4S. The lowest BCUT2D eigenvalue weighted by atomic mass is 10.1. The molecule has 0 aromatic carbocycles. The van der Waals surface area contributed by atoms with Gasteiger partial charge in [0.25, 0.3) is 0 Å². The zero-order valence-corrected chi connectivity index (χ0v) is 20.1.